The van der Waals surface area contributed by atoms with Crippen LogP contribution in [0, 0.1) is 12.8 Å². The number of benzene rings is 1. The molecule has 1 N–H and O–H groups in total. The predicted molar refractivity (Wildman–Crippen MR) is 67.0 cm³/mol. The van der Waals surface area contributed by atoms with Crippen molar-refractivity contribution < 1.29 is 9.90 Å². The number of nitrogens with zero attached hydrogens (tertiary/aromatic N) is 1. The largest absolute Gasteiger partial charge is 0.481 e. The summed E-state index contributed by atoms with van der Waals surface area (Å²) in [6.45, 7) is 3.76. The summed E-state index contributed by atoms with van der Waals surface area (Å²) in [5, 5.41) is 10.00. The van der Waals surface area contributed by atoms with E-state index in [1.54, 1.807) is 13.1 Å². The number of aliphatic carboxylic acids is 1. The van der Waals surface area contributed by atoms with Crippen LogP contribution in [0.3, 0.4) is 0 Å². The van der Waals surface area contributed by atoms with Gasteiger partial charge in [0.2, 0.25) is 0 Å². The van der Waals surface area contributed by atoms with E-state index < -0.39 is 5.97 Å². The maximum atomic E-state index is 10.8. The molecule has 0 saturated heterocycles. The van der Waals surface area contributed by atoms with Gasteiger partial charge in [-0.3, -0.25) is 9.78 Å². The highest BCUT2D eigenvalue weighted by molar-refractivity contribution is 5.82. The van der Waals surface area contributed by atoms with Gasteiger partial charge in [0.1, 0.15) is 0 Å². The van der Waals surface area contributed by atoms with E-state index in [-0.39, 0.29) is 5.92 Å². The SMILES string of the molecule is Cc1ccnc2ccc(CC(C)C(=O)O)cc12. The summed E-state index contributed by atoms with van der Waals surface area (Å²) in [7, 11) is 0. The number of fused-ring (bicyclic) bond motifs is 1. The normalized spacial score (nSPS) is 12.6. The van der Waals surface area contributed by atoms with Gasteiger partial charge in [-0.2, -0.15) is 0 Å². The van der Waals surface area contributed by atoms with Crippen LogP contribution in [0.15, 0.2) is 30.5 Å². The lowest BCUT2D eigenvalue weighted by atomic mass is 9.99. The molecular formula is C14H15NO2. The van der Waals surface area contributed by atoms with Gasteiger partial charge in [0, 0.05) is 11.6 Å². The molecule has 2 rings (SSSR count). The average Bonchev–Trinajstić information content (AvgIpc) is 2.30. The van der Waals surface area contributed by atoms with Crippen LogP contribution in [0.25, 0.3) is 10.9 Å². The van der Waals surface area contributed by atoms with Crippen LogP contribution in [-0.2, 0) is 11.2 Å². The van der Waals surface area contributed by atoms with E-state index in [9.17, 15) is 4.79 Å². The summed E-state index contributed by atoms with van der Waals surface area (Å²) in [6.07, 6.45) is 2.34. The highest BCUT2D eigenvalue weighted by atomic mass is 16.4. The van der Waals surface area contributed by atoms with Crippen LogP contribution in [0.4, 0.5) is 0 Å². The van der Waals surface area contributed by atoms with Gasteiger partial charge in [0.25, 0.3) is 0 Å². The molecule has 3 nitrogen and oxygen atoms in total. The van der Waals surface area contributed by atoms with E-state index in [1.807, 2.05) is 31.2 Å². The molecule has 0 saturated carbocycles. The van der Waals surface area contributed by atoms with E-state index in [2.05, 4.69) is 4.98 Å². The summed E-state index contributed by atoms with van der Waals surface area (Å²) in [5.74, 6) is -1.11. The van der Waals surface area contributed by atoms with Crippen molar-refractivity contribution in [3.8, 4) is 0 Å². The Morgan fingerprint density at radius 1 is 1.41 bits per heavy atom. The summed E-state index contributed by atoms with van der Waals surface area (Å²) in [6, 6.07) is 7.91. The Morgan fingerprint density at radius 2 is 2.18 bits per heavy atom. The van der Waals surface area contributed by atoms with E-state index >= 15 is 0 Å². The highest BCUT2D eigenvalue weighted by Gasteiger charge is 2.12. The molecule has 1 atom stereocenters. The van der Waals surface area contributed by atoms with Crippen LogP contribution >= 0.6 is 0 Å². The number of hydrogen-bond acceptors (Lipinski definition) is 2. The van der Waals surface area contributed by atoms with Gasteiger partial charge in [-0.1, -0.05) is 13.0 Å². The fourth-order valence-electron chi connectivity index (χ4n) is 1.90. The first-order chi connectivity index (χ1) is 8.08. The maximum Gasteiger partial charge on any atom is 0.306 e. The molecule has 0 radical (unpaired) electrons. The number of hydrogen-bond donors (Lipinski definition) is 1. The first kappa shape index (κ1) is 11.6. The molecule has 1 unspecified atom stereocenters. The van der Waals surface area contributed by atoms with Crippen molar-refractivity contribution in [3.63, 3.8) is 0 Å². The zero-order valence-corrected chi connectivity index (χ0v) is 9.97. The monoisotopic (exact) mass is 229 g/mol. The molecule has 0 aliphatic carbocycles. The molecule has 0 amide bonds. The Labute approximate surface area is 100 Å². The van der Waals surface area contributed by atoms with Crippen LogP contribution in [0.1, 0.15) is 18.1 Å². The van der Waals surface area contributed by atoms with E-state index in [0.29, 0.717) is 6.42 Å². The molecule has 1 aromatic heterocycles. The zero-order valence-electron chi connectivity index (χ0n) is 9.97. The lowest BCUT2D eigenvalue weighted by Gasteiger charge is -2.08. The third-order valence-electron chi connectivity index (χ3n) is 2.99. The summed E-state index contributed by atoms with van der Waals surface area (Å²) < 4.78 is 0. The van der Waals surface area contributed by atoms with Crippen LogP contribution < -0.4 is 0 Å². The van der Waals surface area contributed by atoms with Crippen molar-refractivity contribution in [1.82, 2.24) is 4.98 Å². The molecule has 2 aromatic rings. The van der Waals surface area contributed by atoms with Crippen molar-refractivity contribution >= 4 is 16.9 Å². The lowest BCUT2D eigenvalue weighted by molar-refractivity contribution is -0.141. The Kier molecular flexibility index (Phi) is 3.09. The van der Waals surface area contributed by atoms with Gasteiger partial charge in [-0.15, -0.1) is 0 Å². The first-order valence-electron chi connectivity index (χ1n) is 5.65. The molecule has 1 heterocycles. The molecule has 1 aromatic carbocycles. The van der Waals surface area contributed by atoms with Gasteiger partial charge >= 0.3 is 5.97 Å². The van der Waals surface area contributed by atoms with Gasteiger partial charge in [-0.25, -0.2) is 0 Å². The first-order valence-corrected chi connectivity index (χ1v) is 5.65. The number of aromatic nitrogens is 1. The van der Waals surface area contributed by atoms with Crippen molar-refractivity contribution in [2.24, 2.45) is 5.92 Å². The van der Waals surface area contributed by atoms with Gasteiger partial charge in [0.15, 0.2) is 0 Å². The van der Waals surface area contributed by atoms with Crippen molar-refractivity contribution in [3.05, 3.63) is 41.6 Å². The number of carbonyl (C=O) groups is 1. The van der Waals surface area contributed by atoms with Crippen molar-refractivity contribution in [1.29, 1.82) is 0 Å². The topological polar surface area (TPSA) is 50.2 Å². The third-order valence-corrected chi connectivity index (χ3v) is 2.99. The molecule has 17 heavy (non-hydrogen) atoms. The second-order valence-electron chi connectivity index (χ2n) is 4.42. The van der Waals surface area contributed by atoms with E-state index in [1.165, 1.54) is 5.56 Å². The second-order valence-corrected chi connectivity index (χ2v) is 4.42. The minimum absolute atomic E-state index is 0.357. The molecule has 0 fully saturated rings. The minimum atomic E-state index is -0.756. The van der Waals surface area contributed by atoms with E-state index in [0.717, 1.165) is 16.5 Å². The zero-order chi connectivity index (χ0) is 12.4. The summed E-state index contributed by atoms with van der Waals surface area (Å²) in [5.41, 5.74) is 3.17. The number of carboxylic acids is 1. The lowest BCUT2D eigenvalue weighted by Crippen LogP contribution is -2.12. The number of carboxylic acid groups (broad SMARTS) is 1. The molecule has 3 heteroatoms. The third kappa shape index (κ3) is 2.44. The van der Waals surface area contributed by atoms with Crippen molar-refractivity contribution in [2.75, 3.05) is 0 Å². The predicted octanol–water partition coefficient (Wildman–Crippen LogP) is 2.81. The Morgan fingerprint density at radius 3 is 2.88 bits per heavy atom. The van der Waals surface area contributed by atoms with Gasteiger partial charge in [-0.05, 0) is 42.7 Å². The second kappa shape index (κ2) is 4.53. The smallest absolute Gasteiger partial charge is 0.306 e. The average molecular weight is 229 g/mol. The minimum Gasteiger partial charge on any atom is -0.481 e. The highest BCUT2D eigenvalue weighted by Crippen LogP contribution is 2.19. The molecule has 0 aliphatic heterocycles. The maximum absolute atomic E-state index is 10.8. The molecule has 0 aliphatic rings. The fraction of sp³-hybridized carbons (Fsp3) is 0.286. The summed E-state index contributed by atoms with van der Waals surface area (Å²) in [4.78, 5) is 15.1. The quantitative estimate of drug-likeness (QED) is 0.880. The van der Waals surface area contributed by atoms with Crippen LogP contribution in [0.5, 0.6) is 0 Å². The Bertz CT molecular complexity index is 563. The Hall–Kier alpha value is -1.90. The molecule has 0 spiro atoms. The molecular weight excluding hydrogens is 214 g/mol. The Balaban J connectivity index is 2.37. The van der Waals surface area contributed by atoms with Crippen LogP contribution in [0.2, 0.25) is 0 Å². The standard InChI is InChI=1S/C14H15NO2/c1-9-5-6-15-13-4-3-11(8-12(9)13)7-10(2)14(16)17/h3-6,8,10H,7H2,1-2H3,(H,16,17). The number of pyridine rings is 1. The molecule has 0 bridgehead atoms. The van der Waals surface area contributed by atoms with Crippen molar-refractivity contribution in [2.45, 2.75) is 20.3 Å². The summed E-state index contributed by atoms with van der Waals surface area (Å²) >= 11 is 0. The van der Waals surface area contributed by atoms with Gasteiger partial charge < -0.3 is 5.11 Å². The number of rotatable bonds is 3. The molecule has 88 valence electrons. The number of aryl methyl sites for hydroxylation is 1. The van der Waals surface area contributed by atoms with Gasteiger partial charge in [0.05, 0.1) is 11.4 Å². The van der Waals surface area contributed by atoms with Crippen LogP contribution in [-0.4, -0.2) is 16.1 Å². The van der Waals surface area contributed by atoms with E-state index in [4.69, 9.17) is 5.11 Å². The fourth-order valence-corrected chi connectivity index (χ4v) is 1.90.